The summed E-state index contributed by atoms with van der Waals surface area (Å²) in [7, 11) is 0. The first-order chi connectivity index (χ1) is 8.61. The van der Waals surface area contributed by atoms with Crippen molar-refractivity contribution >= 4 is 16.8 Å². The fourth-order valence-electron chi connectivity index (χ4n) is 2.85. The van der Waals surface area contributed by atoms with Gasteiger partial charge in [-0.1, -0.05) is 31.5 Å². The molecule has 1 aliphatic rings. The van der Waals surface area contributed by atoms with Crippen molar-refractivity contribution < 1.29 is 9.21 Å². The van der Waals surface area contributed by atoms with E-state index in [0.717, 1.165) is 30.2 Å². The average Bonchev–Trinajstić information content (AvgIpc) is 2.94. The van der Waals surface area contributed by atoms with E-state index in [1.165, 1.54) is 0 Å². The number of Topliss-reactive ketones (excluding diaryl/α,β-unsaturated/α-hetero) is 1. The van der Waals surface area contributed by atoms with Crippen molar-refractivity contribution in [1.29, 1.82) is 0 Å². The first kappa shape index (κ1) is 11.5. The van der Waals surface area contributed by atoms with E-state index < -0.39 is 5.41 Å². The Kier molecular flexibility index (Phi) is 2.52. The molecule has 0 radical (unpaired) electrons. The Bertz CT molecular complexity index is 568. The molecule has 1 aromatic carbocycles. The van der Waals surface area contributed by atoms with Crippen molar-refractivity contribution in [3.05, 3.63) is 36.1 Å². The SMILES string of the molecule is CC1(C(=O)c2cc3ccccc3o2)CCCC1N. The standard InChI is InChI=1S/C15H17NO2/c1-15(8-4-7-13(15)16)14(17)12-9-10-5-2-3-6-11(10)18-12/h2-3,5-6,9,13H,4,7-8,16H2,1H3. The van der Waals surface area contributed by atoms with Gasteiger partial charge in [-0.05, 0) is 25.0 Å². The lowest BCUT2D eigenvalue weighted by molar-refractivity contribution is 0.0774. The smallest absolute Gasteiger partial charge is 0.205 e. The predicted octanol–water partition coefficient (Wildman–Crippen LogP) is 3.13. The van der Waals surface area contributed by atoms with Crippen LogP contribution in [0.25, 0.3) is 11.0 Å². The quantitative estimate of drug-likeness (QED) is 0.824. The van der Waals surface area contributed by atoms with Crippen LogP contribution in [0, 0.1) is 5.41 Å². The number of rotatable bonds is 2. The molecule has 1 aromatic heterocycles. The zero-order chi connectivity index (χ0) is 12.8. The van der Waals surface area contributed by atoms with Crippen molar-refractivity contribution in [2.24, 2.45) is 11.1 Å². The molecule has 0 saturated heterocycles. The molecule has 0 bridgehead atoms. The van der Waals surface area contributed by atoms with Gasteiger partial charge in [-0.15, -0.1) is 0 Å². The molecule has 0 amide bonds. The lowest BCUT2D eigenvalue weighted by Crippen LogP contribution is -2.41. The van der Waals surface area contributed by atoms with Gasteiger partial charge in [-0.25, -0.2) is 0 Å². The second kappa shape index (κ2) is 3.95. The summed E-state index contributed by atoms with van der Waals surface area (Å²) in [4.78, 5) is 12.6. The van der Waals surface area contributed by atoms with Gasteiger partial charge < -0.3 is 10.2 Å². The number of hydrogen-bond acceptors (Lipinski definition) is 3. The fraction of sp³-hybridized carbons (Fsp3) is 0.400. The topological polar surface area (TPSA) is 56.2 Å². The number of carbonyl (C=O) groups is 1. The molecule has 94 valence electrons. The van der Waals surface area contributed by atoms with Gasteiger partial charge in [-0.3, -0.25) is 4.79 Å². The number of furan rings is 1. The van der Waals surface area contributed by atoms with E-state index in [-0.39, 0.29) is 11.8 Å². The maximum Gasteiger partial charge on any atom is 0.205 e. The Balaban J connectivity index is 2.01. The summed E-state index contributed by atoms with van der Waals surface area (Å²) in [5.74, 6) is 0.486. The highest BCUT2D eigenvalue weighted by atomic mass is 16.3. The van der Waals surface area contributed by atoms with Crippen molar-refractivity contribution in [3.8, 4) is 0 Å². The number of benzene rings is 1. The Labute approximate surface area is 106 Å². The van der Waals surface area contributed by atoms with Gasteiger partial charge in [0.2, 0.25) is 5.78 Å². The normalized spacial score (nSPS) is 27.8. The van der Waals surface area contributed by atoms with Gasteiger partial charge in [0.1, 0.15) is 5.58 Å². The van der Waals surface area contributed by atoms with Crippen LogP contribution in [-0.2, 0) is 0 Å². The van der Waals surface area contributed by atoms with Crippen LogP contribution < -0.4 is 5.73 Å². The molecule has 2 atom stereocenters. The molecule has 1 heterocycles. The van der Waals surface area contributed by atoms with Crippen LogP contribution in [0.1, 0.15) is 36.7 Å². The maximum absolute atomic E-state index is 12.6. The predicted molar refractivity (Wildman–Crippen MR) is 70.5 cm³/mol. The van der Waals surface area contributed by atoms with Gasteiger partial charge in [0, 0.05) is 16.8 Å². The molecule has 2 unspecified atom stereocenters. The zero-order valence-corrected chi connectivity index (χ0v) is 10.5. The largest absolute Gasteiger partial charge is 0.453 e. The first-order valence-electron chi connectivity index (χ1n) is 6.40. The van der Waals surface area contributed by atoms with Crippen LogP contribution >= 0.6 is 0 Å². The molecule has 18 heavy (non-hydrogen) atoms. The van der Waals surface area contributed by atoms with Gasteiger partial charge in [0.25, 0.3) is 0 Å². The number of fused-ring (bicyclic) bond motifs is 1. The molecule has 0 spiro atoms. The van der Waals surface area contributed by atoms with Gasteiger partial charge in [0.05, 0.1) is 0 Å². The molecular formula is C15H17NO2. The van der Waals surface area contributed by atoms with E-state index in [1.54, 1.807) is 0 Å². The maximum atomic E-state index is 12.6. The van der Waals surface area contributed by atoms with Gasteiger partial charge in [0.15, 0.2) is 5.76 Å². The summed E-state index contributed by atoms with van der Waals surface area (Å²) < 4.78 is 5.65. The molecule has 1 aliphatic carbocycles. The summed E-state index contributed by atoms with van der Waals surface area (Å²) in [5.41, 5.74) is 6.38. The lowest BCUT2D eigenvalue weighted by atomic mass is 9.80. The molecule has 3 nitrogen and oxygen atoms in total. The van der Waals surface area contributed by atoms with Crippen LogP contribution in [-0.4, -0.2) is 11.8 Å². The molecule has 1 saturated carbocycles. The van der Waals surface area contributed by atoms with Crippen LogP contribution in [0.5, 0.6) is 0 Å². The monoisotopic (exact) mass is 243 g/mol. The van der Waals surface area contributed by atoms with E-state index in [2.05, 4.69) is 0 Å². The minimum absolute atomic E-state index is 0.0451. The summed E-state index contributed by atoms with van der Waals surface area (Å²) >= 11 is 0. The van der Waals surface area contributed by atoms with Crippen LogP contribution in [0.2, 0.25) is 0 Å². The highest BCUT2D eigenvalue weighted by Crippen LogP contribution is 2.40. The second-order valence-electron chi connectivity index (χ2n) is 5.39. The minimum Gasteiger partial charge on any atom is -0.453 e. The molecule has 2 aromatic rings. The van der Waals surface area contributed by atoms with Crippen LogP contribution in [0.15, 0.2) is 34.7 Å². The van der Waals surface area contributed by atoms with Crippen molar-refractivity contribution in [2.45, 2.75) is 32.2 Å². The lowest BCUT2D eigenvalue weighted by Gasteiger charge is -2.25. The Morgan fingerprint density at radius 1 is 1.44 bits per heavy atom. The van der Waals surface area contributed by atoms with E-state index in [9.17, 15) is 4.79 Å². The Morgan fingerprint density at radius 3 is 2.89 bits per heavy atom. The van der Waals surface area contributed by atoms with Crippen LogP contribution in [0.4, 0.5) is 0 Å². The fourth-order valence-corrected chi connectivity index (χ4v) is 2.85. The Morgan fingerprint density at radius 2 is 2.22 bits per heavy atom. The number of para-hydroxylation sites is 1. The summed E-state index contributed by atoms with van der Waals surface area (Å²) in [5, 5.41) is 0.969. The molecule has 1 fully saturated rings. The summed E-state index contributed by atoms with van der Waals surface area (Å²) in [6, 6.07) is 9.44. The Hall–Kier alpha value is -1.61. The molecule has 3 rings (SSSR count). The highest BCUT2D eigenvalue weighted by molar-refractivity contribution is 6.01. The van der Waals surface area contributed by atoms with Crippen molar-refractivity contribution in [2.75, 3.05) is 0 Å². The first-order valence-corrected chi connectivity index (χ1v) is 6.40. The average molecular weight is 243 g/mol. The third-order valence-electron chi connectivity index (χ3n) is 4.20. The second-order valence-corrected chi connectivity index (χ2v) is 5.39. The van der Waals surface area contributed by atoms with Crippen molar-refractivity contribution in [1.82, 2.24) is 0 Å². The number of nitrogens with two attached hydrogens (primary N) is 1. The van der Waals surface area contributed by atoms with Gasteiger partial charge in [-0.2, -0.15) is 0 Å². The van der Waals surface area contributed by atoms with E-state index >= 15 is 0 Å². The highest BCUT2D eigenvalue weighted by Gasteiger charge is 2.44. The van der Waals surface area contributed by atoms with Crippen LogP contribution in [0.3, 0.4) is 0 Å². The number of ketones is 1. The minimum atomic E-state index is -0.464. The van der Waals surface area contributed by atoms with Crippen molar-refractivity contribution in [3.63, 3.8) is 0 Å². The zero-order valence-electron chi connectivity index (χ0n) is 10.5. The number of hydrogen-bond donors (Lipinski definition) is 1. The number of carbonyl (C=O) groups excluding carboxylic acids is 1. The molecule has 3 heteroatoms. The van der Waals surface area contributed by atoms with Gasteiger partial charge >= 0.3 is 0 Å². The van der Waals surface area contributed by atoms with E-state index in [0.29, 0.717) is 5.76 Å². The van der Waals surface area contributed by atoms with E-state index in [1.807, 2.05) is 37.3 Å². The third-order valence-corrected chi connectivity index (χ3v) is 4.20. The summed E-state index contributed by atoms with van der Waals surface area (Å²) in [6.45, 7) is 1.96. The van der Waals surface area contributed by atoms with E-state index in [4.69, 9.17) is 10.2 Å². The summed E-state index contributed by atoms with van der Waals surface area (Å²) in [6.07, 6.45) is 2.79. The molecule has 2 N–H and O–H groups in total. The molecular weight excluding hydrogens is 226 g/mol. The molecule has 0 aliphatic heterocycles. The third kappa shape index (κ3) is 1.58.